The van der Waals surface area contributed by atoms with E-state index < -0.39 is 23.3 Å². The van der Waals surface area contributed by atoms with Crippen molar-refractivity contribution in [1.82, 2.24) is 24.8 Å². The van der Waals surface area contributed by atoms with Gasteiger partial charge < -0.3 is 19.6 Å². The molecule has 3 aromatic rings. The minimum absolute atomic E-state index is 0.0910. The molecule has 9 nitrogen and oxygen atoms in total. The van der Waals surface area contributed by atoms with E-state index in [2.05, 4.69) is 19.9 Å². The van der Waals surface area contributed by atoms with Gasteiger partial charge in [0.15, 0.2) is 23.2 Å². The van der Waals surface area contributed by atoms with E-state index in [1.54, 1.807) is 30.7 Å². The molecule has 226 valence electrons. The third-order valence-electron chi connectivity index (χ3n) is 7.56. The van der Waals surface area contributed by atoms with Crippen LogP contribution < -0.4 is 9.64 Å². The first-order valence-electron chi connectivity index (χ1n) is 14.6. The molecule has 0 radical (unpaired) electrons. The van der Waals surface area contributed by atoms with Crippen LogP contribution in [0.25, 0.3) is 11.6 Å². The molecule has 3 heterocycles. The van der Waals surface area contributed by atoms with Crippen molar-refractivity contribution in [2.45, 2.75) is 84.2 Å². The molecule has 4 rings (SSSR count). The predicted molar refractivity (Wildman–Crippen MR) is 157 cm³/mol. The smallest absolute Gasteiger partial charge is 0.407 e. The Bertz CT molecular complexity index is 1350. The number of carboxylic acid groups (broad SMARTS) is 1. The molecular weight excluding hydrogens is 542 g/mol. The van der Waals surface area contributed by atoms with E-state index in [4.69, 9.17) is 4.74 Å². The van der Waals surface area contributed by atoms with Crippen molar-refractivity contribution >= 4 is 11.8 Å². The van der Waals surface area contributed by atoms with Crippen LogP contribution in [0, 0.1) is 11.6 Å². The standard InChI is InChI=1S/C31H40F2N6O3/c1-21-23-20-36-29(28-34-13-11-14-35-28)37-25(23)12-16-38(21)22-18-24(32)27(33)26(19-22)42-17-10-8-6-5-7-9-15-39(30(40)41)31(2,3)4/h11,13-14,18-21H,5-10,12,15-17H2,1-4H3,(H,40,41). The summed E-state index contributed by atoms with van der Waals surface area (Å²) in [6.07, 6.45) is 10.1. The SMILES string of the molecule is CC1c2cnc(-c3ncccn3)nc2CCN1c1cc(F)c(F)c(OCCCCCCCCN(C(=O)O)C(C)(C)C)c1. The second kappa shape index (κ2) is 13.8. The summed E-state index contributed by atoms with van der Waals surface area (Å²) in [4.78, 5) is 32.5. The van der Waals surface area contributed by atoms with Gasteiger partial charge in [0, 0.05) is 67.0 Å². The maximum absolute atomic E-state index is 14.6. The molecule has 11 heteroatoms. The fourth-order valence-electron chi connectivity index (χ4n) is 5.24. The summed E-state index contributed by atoms with van der Waals surface area (Å²) < 4.78 is 34.9. The zero-order chi connectivity index (χ0) is 30.3. The molecule has 1 aliphatic rings. The third kappa shape index (κ3) is 7.68. The van der Waals surface area contributed by atoms with Gasteiger partial charge in [-0.15, -0.1) is 0 Å². The number of hydrogen-bond acceptors (Lipinski definition) is 7. The predicted octanol–water partition coefficient (Wildman–Crippen LogP) is 6.83. The molecule has 1 atom stereocenters. The third-order valence-corrected chi connectivity index (χ3v) is 7.56. The van der Waals surface area contributed by atoms with Gasteiger partial charge in [0.05, 0.1) is 18.3 Å². The highest BCUT2D eigenvalue weighted by atomic mass is 19.2. The minimum Gasteiger partial charge on any atom is -0.490 e. The van der Waals surface area contributed by atoms with Crippen molar-refractivity contribution in [3.63, 3.8) is 0 Å². The van der Waals surface area contributed by atoms with Gasteiger partial charge >= 0.3 is 6.09 Å². The fourth-order valence-corrected chi connectivity index (χ4v) is 5.24. The Morgan fingerprint density at radius 3 is 2.43 bits per heavy atom. The average molecular weight is 583 g/mol. The maximum atomic E-state index is 14.6. The number of hydrogen-bond donors (Lipinski definition) is 1. The zero-order valence-electron chi connectivity index (χ0n) is 24.8. The van der Waals surface area contributed by atoms with Crippen LogP contribution in [0.3, 0.4) is 0 Å². The molecule has 0 saturated carbocycles. The number of ether oxygens (including phenoxy) is 1. The number of benzene rings is 1. The number of nitrogens with zero attached hydrogens (tertiary/aromatic N) is 6. The summed E-state index contributed by atoms with van der Waals surface area (Å²) in [5.41, 5.74) is 1.94. The second-order valence-corrected chi connectivity index (χ2v) is 11.6. The van der Waals surface area contributed by atoms with Gasteiger partial charge in [-0.2, -0.15) is 4.39 Å². The fraction of sp³-hybridized carbons (Fsp3) is 0.516. The first-order valence-corrected chi connectivity index (χ1v) is 14.6. The number of amides is 1. The highest BCUT2D eigenvalue weighted by Gasteiger charge is 2.28. The first-order chi connectivity index (χ1) is 20.1. The van der Waals surface area contributed by atoms with Crippen molar-refractivity contribution in [2.24, 2.45) is 0 Å². The number of rotatable bonds is 12. The van der Waals surface area contributed by atoms with Crippen LogP contribution in [-0.2, 0) is 6.42 Å². The lowest BCUT2D eigenvalue weighted by Gasteiger charge is -2.36. The van der Waals surface area contributed by atoms with Crippen LogP contribution in [0.4, 0.5) is 19.3 Å². The number of unbranched alkanes of at least 4 members (excludes halogenated alkanes) is 5. The van der Waals surface area contributed by atoms with Crippen LogP contribution >= 0.6 is 0 Å². The molecule has 1 aromatic carbocycles. The Morgan fingerprint density at radius 1 is 1.05 bits per heavy atom. The van der Waals surface area contributed by atoms with Gasteiger partial charge in [-0.3, -0.25) is 0 Å². The summed E-state index contributed by atoms with van der Waals surface area (Å²) in [5.74, 6) is -1.10. The highest BCUT2D eigenvalue weighted by Crippen LogP contribution is 2.36. The zero-order valence-corrected chi connectivity index (χ0v) is 24.8. The lowest BCUT2D eigenvalue weighted by Crippen LogP contribution is -2.45. The van der Waals surface area contributed by atoms with Gasteiger partial charge in [0.1, 0.15) is 0 Å². The van der Waals surface area contributed by atoms with Crippen LogP contribution in [-0.4, -0.2) is 61.3 Å². The number of halogens is 2. The lowest BCUT2D eigenvalue weighted by molar-refractivity contribution is 0.0989. The quantitative estimate of drug-likeness (QED) is 0.232. The summed E-state index contributed by atoms with van der Waals surface area (Å²) in [6.45, 7) is 9.04. The van der Waals surface area contributed by atoms with Crippen LogP contribution in [0.5, 0.6) is 5.75 Å². The molecule has 0 spiro atoms. The Morgan fingerprint density at radius 2 is 1.74 bits per heavy atom. The molecule has 42 heavy (non-hydrogen) atoms. The minimum atomic E-state index is -0.985. The molecule has 0 aliphatic carbocycles. The normalized spacial score (nSPS) is 14.9. The molecule has 1 unspecified atom stereocenters. The molecule has 0 fully saturated rings. The highest BCUT2D eigenvalue weighted by molar-refractivity contribution is 5.65. The largest absolute Gasteiger partial charge is 0.490 e. The monoisotopic (exact) mass is 582 g/mol. The summed E-state index contributed by atoms with van der Waals surface area (Å²) in [7, 11) is 0. The van der Waals surface area contributed by atoms with Gasteiger partial charge in [-0.1, -0.05) is 25.7 Å². The average Bonchev–Trinajstić information content (AvgIpc) is 2.95. The molecule has 1 amide bonds. The Balaban J connectivity index is 1.27. The summed E-state index contributed by atoms with van der Waals surface area (Å²) in [5, 5.41) is 9.38. The molecule has 0 saturated heterocycles. The van der Waals surface area contributed by atoms with E-state index in [0.29, 0.717) is 43.3 Å². The van der Waals surface area contributed by atoms with Crippen molar-refractivity contribution in [2.75, 3.05) is 24.6 Å². The topological polar surface area (TPSA) is 105 Å². The van der Waals surface area contributed by atoms with E-state index in [9.17, 15) is 18.7 Å². The Kier molecular flexibility index (Phi) is 10.2. The van der Waals surface area contributed by atoms with E-state index in [-0.39, 0.29) is 18.4 Å². The number of aromatic nitrogens is 4. The lowest BCUT2D eigenvalue weighted by atomic mass is 9.98. The van der Waals surface area contributed by atoms with Crippen LogP contribution in [0.2, 0.25) is 0 Å². The molecule has 0 bridgehead atoms. The number of anilines is 1. The van der Waals surface area contributed by atoms with Crippen molar-refractivity contribution in [3.8, 4) is 17.4 Å². The molecular formula is C31H40F2N6O3. The molecule has 1 aliphatic heterocycles. The van der Waals surface area contributed by atoms with Crippen LogP contribution in [0.1, 0.15) is 83.5 Å². The van der Waals surface area contributed by atoms with Gasteiger partial charge in [0.2, 0.25) is 5.82 Å². The van der Waals surface area contributed by atoms with Gasteiger partial charge in [0.25, 0.3) is 0 Å². The Labute approximate surface area is 246 Å². The molecule has 2 aromatic heterocycles. The van der Waals surface area contributed by atoms with Crippen LogP contribution in [0.15, 0.2) is 36.8 Å². The van der Waals surface area contributed by atoms with Crippen molar-refractivity contribution in [3.05, 3.63) is 59.7 Å². The van der Waals surface area contributed by atoms with Crippen molar-refractivity contribution in [1.29, 1.82) is 0 Å². The Hall–Kier alpha value is -3.89. The van der Waals surface area contributed by atoms with E-state index in [1.165, 1.54) is 11.0 Å². The van der Waals surface area contributed by atoms with E-state index in [0.717, 1.165) is 43.4 Å². The van der Waals surface area contributed by atoms with E-state index in [1.807, 2.05) is 32.6 Å². The number of carbonyl (C=O) groups is 1. The van der Waals surface area contributed by atoms with Crippen molar-refractivity contribution < 1.29 is 23.4 Å². The van der Waals surface area contributed by atoms with Gasteiger partial charge in [-0.25, -0.2) is 29.1 Å². The summed E-state index contributed by atoms with van der Waals surface area (Å²) >= 11 is 0. The molecule has 1 N–H and O–H groups in total. The maximum Gasteiger partial charge on any atom is 0.407 e. The second-order valence-electron chi connectivity index (χ2n) is 11.6. The van der Waals surface area contributed by atoms with E-state index >= 15 is 0 Å². The van der Waals surface area contributed by atoms with Gasteiger partial charge in [-0.05, 0) is 46.6 Å². The summed E-state index contributed by atoms with van der Waals surface area (Å²) in [6, 6.07) is 4.36. The first kappa shape index (κ1) is 31.1. The number of fused-ring (bicyclic) bond motifs is 1.